The van der Waals surface area contributed by atoms with Crippen molar-refractivity contribution in [2.24, 2.45) is 5.92 Å². The van der Waals surface area contributed by atoms with E-state index in [9.17, 15) is 48.7 Å². The number of nitrogens with zero attached hydrogens (tertiary/aromatic N) is 2. The number of benzene rings is 3. The molecule has 3 aromatic carbocycles. The Hall–Kier alpha value is -3.94. The molecule has 1 aliphatic heterocycles. The normalized spacial score (nSPS) is 17.5. The highest BCUT2D eigenvalue weighted by molar-refractivity contribution is 7.91. The highest BCUT2D eigenvalue weighted by atomic mass is 32.2. The van der Waals surface area contributed by atoms with Crippen LogP contribution in [0.15, 0.2) is 71.6 Å². The molecule has 1 saturated heterocycles. The van der Waals surface area contributed by atoms with E-state index in [1.807, 2.05) is 0 Å². The number of halogens is 7. The zero-order valence-corrected chi connectivity index (χ0v) is 25.6. The molecule has 0 unspecified atom stereocenters. The molecule has 0 bridgehead atoms. The summed E-state index contributed by atoms with van der Waals surface area (Å²) in [4.78, 5) is 29.5. The molecular weight excluding hydrogens is 641 g/mol. The van der Waals surface area contributed by atoms with Crippen LogP contribution in [-0.2, 0) is 38.3 Å². The van der Waals surface area contributed by atoms with Crippen LogP contribution < -0.4 is 0 Å². The van der Waals surface area contributed by atoms with Gasteiger partial charge < -0.3 is 9.80 Å². The zero-order valence-electron chi connectivity index (χ0n) is 24.8. The molecule has 1 fully saturated rings. The van der Waals surface area contributed by atoms with Crippen LogP contribution in [-0.4, -0.2) is 55.9 Å². The standard InChI is InChI=1S/C32H31F7N2O4S/c1-20-14-24(33)8-9-26(20)28-19-41(29(42)11-13-46(44,45)25-6-4-3-5-7-25)12-10-27(28)30(43)40(2)18-21-15-22(31(34,35)36)17-23(16-21)32(37,38)39/h3-9,14-17,27-28H,10-13,18-19H2,1-2H3/t27-,28+/m1/s1. The summed E-state index contributed by atoms with van der Waals surface area (Å²) >= 11 is 0. The van der Waals surface area contributed by atoms with Crippen LogP contribution in [0.25, 0.3) is 0 Å². The molecular formula is C32H31F7N2O4S. The van der Waals surface area contributed by atoms with E-state index >= 15 is 0 Å². The lowest BCUT2D eigenvalue weighted by molar-refractivity contribution is -0.143. The number of likely N-dealkylation sites (tertiary alicyclic amines) is 1. The van der Waals surface area contributed by atoms with Gasteiger partial charge in [0.15, 0.2) is 9.84 Å². The molecule has 0 spiro atoms. The second-order valence-corrected chi connectivity index (χ2v) is 13.4. The molecule has 248 valence electrons. The molecule has 0 radical (unpaired) electrons. The zero-order chi connectivity index (χ0) is 34.0. The number of aryl methyl sites for hydroxylation is 1. The van der Waals surface area contributed by atoms with Gasteiger partial charge in [-0.3, -0.25) is 9.59 Å². The highest BCUT2D eigenvalue weighted by Crippen LogP contribution is 2.38. The SMILES string of the molecule is Cc1cc(F)ccc1[C@@H]1CN(C(=O)CCS(=O)(=O)c2ccccc2)CC[C@H]1C(=O)N(C)Cc1cc(C(F)(F)F)cc(C(F)(F)F)c1. The summed E-state index contributed by atoms with van der Waals surface area (Å²) in [6.07, 6.45) is -10.4. The molecule has 1 heterocycles. The van der Waals surface area contributed by atoms with Crippen molar-refractivity contribution in [3.05, 3.63) is 100 Å². The van der Waals surface area contributed by atoms with Crippen molar-refractivity contribution in [1.82, 2.24) is 9.80 Å². The fourth-order valence-electron chi connectivity index (χ4n) is 5.72. The minimum atomic E-state index is -5.05. The van der Waals surface area contributed by atoms with Crippen molar-refractivity contribution in [2.75, 3.05) is 25.9 Å². The van der Waals surface area contributed by atoms with Crippen LogP contribution in [0.4, 0.5) is 30.7 Å². The van der Waals surface area contributed by atoms with E-state index in [-0.39, 0.29) is 42.5 Å². The molecule has 0 aliphatic carbocycles. The first-order chi connectivity index (χ1) is 21.4. The molecule has 0 saturated carbocycles. The van der Waals surface area contributed by atoms with Crippen LogP contribution in [0.2, 0.25) is 0 Å². The Morgan fingerprint density at radius 1 is 0.913 bits per heavy atom. The van der Waals surface area contributed by atoms with E-state index in [0.717, 1.165) is 4.90 Å². The van der Waals surface area contributed by atoms with Crippen molar-refractivity contribution in [2.45, 2.75) is 49.5 Å². The van der Waals surface area contributed by atoms with Gasteiger partial charge >= 0.3 is 12.4 Å². The Kier molecular flexibility index (Phi) is 10.2. The molecule has 2 atom stereocenters. The first kappa shape index (κ1) is 34.9. The van der Waals surface area contributed by atoms with Gasteiger partial charge in [-0.1, -0.05) is 24.3 Å². The van der Waals surface area contributed by atoms with Gasteiger partial charge in [0.2, 0.25) is 11.8 Å². The first-order valence-corrected chi connectivity index (χ1v) is 15.9. The molecule has 3 aromatic rings. The number of piperidine rings is 1. The highest BCUT2D eigenvalue weighted by Gasteiger charge is 2.40. The van der Waals surface area contributed by atoms with Crippen LogP contribution in [0.3, 0.4) is 0 Å². The second kappa shape index (κ2) is 13.4. The van der Waals surface area contributed by atoms with Gasteiger partial charge in [-0.25, -0.2) is 12.8 Å². The Morgan fingerprint density at radius 2 is 1.52 bits per heavy atom. The van der Waals surface area contributed by atoms with Gasteiger partial charge in [0.25, 0.3) is 0 Å². The Bertz CT molecular complexity index is 1660. The summed E-state index contributed by atoms with van der Waals surface area (Å²) in [6.45, 7) is 1.06. The van der Waals surface area contributed by atoms with E-state index in [1.165, 1.54) is 42.3 Å². The van der Waals surface area contributed by atoms with Gasteiger partial charge in [-0.15, -0.1) is 0 Å². The second-order valence-electron chi connectivity index (χ2n) is 11.3. The quantitative estimate of drug-likeness (QED) is 0.252. The fraction of sp³-hybridized carbons (Fsp3) is 0.375. The maximum atomic E-state index is 14.0. The van der Waals surface area contributed by atoms with Gasteiger partial charge in [0.1, 0.15) is 5.82 Å². The maximum absolute atomic E-state index is 14.0. The van der Waals surface area contributed by atoms with Crippen molar-refractivity contribution in [3.63, 3.8) is 0 Å². The number of amides is 2. The summed E-state index contributed by atoms with van der Waals surface area (Å²) < 4.78 is 120. The summed E-state index contributed by atoms with van der Waals surface area (Å²) in [5.74, 6) is -3.63. The van der Waals surface area contributed by atoms with Crippen LogP contribution >= 0.6 is 0 Å². The number of hydrogen-bond acceptors (Lipinski definition) is 4. The average Bonchev–Trinajstić information content (AvgIpc) is 2.98. The number of rotatable bonds is 8. The molecule has 2 amide bonds. The summed E-state index contributed by atoms with van der Waals surface area (Å²) in [6, 6.07) is 12.6. The molecule has 0 aromatic heterocycles. The third-order valence-electron chi connectivity index (χ3n) is 8.04. The molecule has 6 nitrogen and oxygen atoms in total. The lowest BCUT2D eigenvalue weighted by atomic mass is 9.78. The predicted molar refractivity (Wildman–Crippen MR) is 155 cm³/mol. The summed E-state index contributed by atoms with van der Waals surface area (Å²) in [5, 5.41) is 0. The van der Waals surface area contributed by atoms with E-state index < -0.39 is 75.1 Å². The van der Waals surface area contributed by atoms with Crippen molar-refractivity contribution >= 4 is 21.7 Å². The molecule has 1 aliphatic rings. The van der Waals surface area contributed by atoms with Crippen LogP contribution in [0.1, 0.15) is 46.6 Å². The Morgan fingerprint density at radius 3 is 2.09 bits per heavy atom. The largest absolute Gasteiger partial charge is 0.416 e. The van der Waals surface area contributed by atoms with Crippen LogP contribution in [0, 0.1) is 18.7 Å². The van der Waals surface area contributed by atoms with E-state index in [0.29, 0.717) is 23.3 Å². The van der Waals surface area contributed by atoms with E-state index in [1.54, 1.807) is 25.1 Å². The first-order valence-electron chi connectivity index (χ1n) is 14.2. The number of carbonyl (C=O) groups excluding carboxylic acids is 2. The van der Waals surface area contributed by atoms with Gasteiger partial charge in [0, 0.05) is 44.9 Å². The lowest BCUT2D eigenvalue weighted by Gasteiger charge is -2.40. The fourth-order valence-corrected chi connectivity index (χ4v) is 6.97. The molecule has 14 heteroatoms. The number of alkyl halides is 6. The topological polar surface area (TPSA) is 74.8 Å². The molecule has 46 heavy (non-hydrogen) atoms. The molecule has 0 N–H and O–H groups in total. The predicted octanol–water partition coefficient (Wildman–Crippen LogP) is 6.63. The third-order valence-corrected chi connectivity index (χ3v) is 9.78. The van der Waals surface area contributed by atoms with Gasteiger partial charge in [-0.2, -0.15) is 26.3 Å². The Labute approximate surface area is 261 Å². The minimum absolute atomic E-state index is 0.0104. The molecule has 4 rings (SSSR count). The van der Waals surface area contributed by atoms with E-state index in [2.05, 4.69) is 0 Å². The van der Waals surface area contributed by atoms with Crippen molar-refractivity contribution in [3.8, 4) is 0 Å². The average molecular weight is 673 g/mol. The van der Waals surface area contributed by atoms with Crippen molar-refractivity contribution in [1.29, 1.82) is 0 Å². The monoisotopic (exact) mass is 672 g/mol. The maximum Gasteiger partial charge on any atom is 0.416 e. The van der Waals surface area contributed by atoms with Crippen molar-refractivity contribution < 1.29 is 48.7 Å². The lowest BCUT2D eigenvalue weighted by Crippen LogP contribution is -2.48. The minimum Gasteiger partial charge on any atom is -0.342 e. The summed E-state index contributed by atoms with van der Waals surface area (Å²) in [7, 11) is -2.49. The summed E-state index contributed by atoms with van der Waals surface area (Å²) in [5.41, 5.74) is -2.38. The van der Waals surface area contributed by atoms with Crippen LogP contribution in [0.5, 0.6) is 0 Å². The number of sulfone groups is 1. The Balaban J connectivity index is 1.57. The van der Waals surface area contributed by atoms with E-state index in [4.69, 9.17) is 0 Å². The third kappa shape index (κ3) is 8.25. The number of carbonyl (C=O) groups is 2. The van der Waals surface area contributed by atoms with Gasteiger partial charge in [-0.05, 0) is 72.5 Å². The smallest absolute Gasteiger partial charge is 0.342 e. The van der Waals surface area contributed by atoms with Gasteiger partial charge in [0.05, 0.1) is 21.8 Å². The number of hydrogen-bond donors (Lipinski definition) is 0.